The van der Waals surface area contributed by atoms with Gasteiger partial charge in [-0.05, 0) is 55.1 Å². The highest BCUT2D eigenvalue weighted by atomic mass is 32.1. The van der Waals surface area contributed by atoms with Gasteiger partial charge in [0.1, 0.15) is 5.75 Å². The van der Waals surface area contributed by atoms with Crippen molar-refractivity contribution in [3.05, 3.63) is 29.8 Å². The molecule has 0 bridgehead atoms. The molecule has 0 fully saturated rings. The van der Waals surface area contributed by atoms with Gasteiger partial charge in [-0.15, -0.1) is 0 Å². The summed E-state index contributed by atoms with van der Waals surface area (Å²) in [5.41, 5.74) is 1.40. The molecule has 0 aliphatic heterocycles. The van der Waals surface area contributed by atoms with E-state index in [1.807, 2.05) is 0 Å². The summed E-state index contributed by atoms with van der Waals surface area (Å²) in [4.78, 5) is 0. The summed E-state index contributed by atoms with van der Waals surface area (Å²) >= 11 is 4.19. The maximum atomic E-state index is 5.70. The molecule has 0 amide bonds. The lowest BCUT2D eigenvalue weighted by molar-refractivity contribution is 0.306. The number of hydrogen-bond donors (Lipinski definition) is 1. The van der Waals surface area contributed by atoms with Gasteiger partial charge in [0.05, 0.1) is 6.61 Å². The van der Waals surface area contributed by atoms with E-state index in [4.69, 9.17) is 4.74 Å². The Morgan fingerprint density at radius 2 is 1.82 bits per heavy atom. The van der Waals surface area contributed by atoms with E-state index in [9.17, 15) is 0 Å². The third-order valence-corrected chi connectivity index (χ3v) is 3.45. The predicted molar refractivity (Wildman–Crippen MR) is 78.3 cm³/mol. The van der Waals surface area contributed by atoms with Crippen LogP contribution in [0.15, 0.2) is 24.3 Å². The van der Waals surface area contributed by atoms with E-state index in [-0.39, 0.29) is 0 Å². The number of rotatable bonds is 8. The molecule has 17 heavy (non-hydrogen) atoms. The molecule has 1 rings (SSSR count). The largest absolute Gasteiger partial charge is 0.494 e. The quantitative estimate of drug-likeness (QED) is 0.522. The van der Waals surface area contributed by atoms with Crippen LogP contribution in [0, 0.1) is 0 Å². The van der Waals surface area contributed by atoms with E-state index in [0.29, 0.717) is 5.92 Å². The first-order valence-electron chi connectivity index (χ1n) is 6.61. The highest BCUT2D eigenvalue weighted by Gasteiger charge is 2.02. The average molecular weight is 252 g/mol. The smallest absolute Gasteiger partial charge is 0.119 e. The van der Waals surface area contributed by atoms with Crippen molar-refractivity contribution >= 4 is 12.6 Å². The number of thiol groups is 1. The first-order chi connectivity index (χ1) is 8.27. The lowest BCUT2D eigenvalue weighted by Crippen LogP contribution is -1.98. The molecule has 0 radical (unpaired) electrons. The summed E-state index contributed by atoms with van der Waals surface area (Å²) in [6, 6.07) is 8.52. The molecule has 96 valence electrons. The van der Waals surface area contributed by atoms with Gasteiger partial charge in [0, 0.05) is 0 Å². The lowest BCUT2D eigenvalue weighted by atomic mass is 9.99. The van der Waals surface area contributed by atoms with Gasteiger partial charge < -0.3 is 4.74 Å². The van der Waals surface area contributed by atoms with Crippen molar-refractivity contribution < 1.29 is 4.74 Å². The monoisotopic (exact) mass is 252 g/mol. The van der Waals surface area contributed by atoms with Gasteiger partial charge in [-0.2, -0.15) is 12.6 Å². The summed E-state index contributed by atoms with van der Waals surface area (Å²) in [6.45, 7) is 5.29. The Morgan fingerprint density at radius 1 is 1.12 bits per heavy atom. The zero-order valence-corrected chi connectivity index (χ0v) is 11.9. The fourth-order valence-electron chi connectivity index (χ4n) is 1.71. The molecule has 1 aromatic carbocycles. The molecule has 2 heteroatoms. The molecule has 0 aromatic heterocycles. The number of benzene rings is 1. The Balaban J connectivity index is 2.30. The zero-order chi connectivity index (χ0) is 12.5. The van der Waals surface area contributed by atoms with E-state index < -0.39 is 0 Å². The maximum absolute atomic E-state index is 5.70. The van der Waals surface area contributed by atoms with Crippen LogP contribution in [-0.2, 0) is 0 Å². The minimum absolute atomic E-state index is 0.638. The summed E-state index contributed by atoms with van der Waals surface area (Å²) in [5, 5.41) is 0. The Labute approximate surface area is 111 Å². The number of unbranched alkanes of at least 4 members (excludes halogenated alkanes) is 2. The minimum Gasteiger partial charge on any atom is -0.494 e. The third-order valence-electron chi connectivity index (χ3n) is 3.13. The van der Waals surface area contributed by atoms with Crippen LogP contribution in [0.25, 0.3) is 0 Å². The molecular weight excluding hydrogens is 228 g/mol. The first-order valence-corrected chi connectivity index (χ1v) is 7.24. The Kier molecular flexibility index (Phi) is 7.18. The molecule has 0 saturated heterocycles. The number of ether oxygens (including phenoxy) is 1. The molecule has 0 heterocycles. The summed E-state index contributed by atoms with van der Waals surface area (Å²) in [6.07, 6.45) is 4.69. The first kappa shape index (κ1) is 14.4. The van der Waals surface area contributed by atoms with Crippen LogP contribution in [0.5, 0.6) is 5.75 Å². The van der Waals surface area contributed by atoms with Crippen LogP contribution in [-0.4, -0.2) is 12.4 Å². The van der Waals surface area contributed by atoms with Crippen LogP contribution in [0.3, 0.4) is 0 Å². The van der Waals surface area contributed by atoms with Crippen molar-refractivity contribution in [2.75, 3.05) is 12.4 Å². The van der Waals surface area contributed by atoms with E-state index in [0.717, 1.165) is 24.5 Å². The predicted octanol–water partition coefficient (Wildman–Crippen LogP) is 4.68. The second kappa shape index (κ2) is 8.46. The molecule has 1 aromatic rings. The van der Waals surface area contributed by atoms with Gasteiger partial charge in [-0.25, -0.2) is 0 Å². The van der Waals surface area contributed by atoms with Gasteiger partial charge >= 0.3 is 0 Å². The highest BCUT2D eigenvalue weighted by molar-refractivity contribution is 7.80. The topological polar surface area (TPSA) is 9.23 Å². The van der Waals surface area contributed by atoms with Gasteiger partial charge in [0.2, 0.25) is 0 Å². The van der Waals surface area contributed by atoms with Crippen LogP contribution in [0.1, 0.15) is 51.0 Å². The second-order valence-electron chi connectivity index (χ2n) is 4.51. The summed E-state index contributed by atoms with van der Waals surface area (Å²) < 4.78 is 5.70. The molecule has 1 unspecified atom stereocenters. The second-order valence-corrected chi connectivity index (χ2v) is 4.96. The average Bonchev–Trinajstić information content (AvgIpc) is 2.38. The van der Waals surface area contributed by atoms with Crippen molar-refractivity contribution in [3.8, 4) is 5.75 Å². The molecule has 1 atom stereocenters. The Morgan fingerprint density at radius 3 is 2.41 bits per heavy atom. The fraction of sp³-hybridized carbons (Fsp3) is 0.600. The maximum Gasteiger partial charge on any atom is 0.119 e. The van der Waals surface area contributed by atoms with Crippen LogP contribution < -0.4 is 4.74 Å². The molecule has 0 spiro atoms. The van der Waals surface area contributed by atoms with Gasteiger partial charge in [0.25, 0.3) is 0 Å². The Bertz CT molecular complexity index is 294. The van der Waals surface area contributed by atoms with Crippen molar-refractivity contribution in [3.63, 3.8) is 0 Å². The van der Waals surface area contributed by atoms with Crippen LogP contribution >= 0.6 is 12.6 Å². The van der Waals surface area contributed by atoms with Crippen molar-refractivity contribution in [1.82, 2.24) is 0 Å². The highest BCUT2D eigenvalue weighted by Crippen LogP contribution is 2.21. The number of hydrogen-bond acceptors (Lipinski definition) is 2. The van der Waals surface area contributed by atoms with Gasteiger partial charge in [-0.3, -0.25) is 0 Å². The van der Waals surface area contributed by atoms with Crippen LogP contribution in [0.4, 0.5) is 0 Å². The summed E-state index contributed by atoms with van der Waals surface area (Å²) in [5.74, 6) is 2.60. The molecule has 0 aliphatic carbocycles. The van der Waals surface area contributed by atoms with Crippen molar-refractivity contribution in [1.29, 1.82) is 0 Å². The lowest BCUT2D eigenvalue weighted by Gasteiger charge is -2.10. The fourth-order valence-corrected chi connectivity index (χ4v) is 1.93. The van der Waals surface area contributed by atoms with E-state index in [2.05, 4.69) is 50.7 Å². The van der Waals surface area contributed by atoms with E-state index in [1.54, 1.807) is 0 Å². The van der Waals surface area contributed by atoms with Crippen molar-refractivity contribution in [2.24, 2.45) is 0 Å². The van der Waals surface area contributed by atoms with Gasteiger partial charge in [0.15, 0.2) is 0 Å². The molecule has 0 aliphatic rings. The molecular formula is C15H24OS. The van der Waals surface area contributed by atoms with E-state index in [1.165, 1.54) is 24.8 Å². The standard InChI is InChI=1S/C15H24OS/c1-3-13(2)14-7-9-15(10-8-14)16-11-5-4-6-12-17/h7-10,13,17H,3-6,11-12H2,1-2H3. The van der Waals surface area contributed by atoms with E-state index >= 15 is 0 Å². The van der Waals surface area contributed by atoms with Crippen molar-refractivity contribution in [2.45, 2.75) is 45.4 Å². The molecule has 0 saturated carbocycles. The molecule has 1 nitrogen and oxygen atoms in total. The normalized spacial score (nSPS) is 12.4. The Hall–Kier alpha value is -0.630. The van der Waals surface area contributed by atoms with Crippen LogP contribution in [0.2, 0.25) is 0 Å². The van der Waals surface area contributed by atoms with Gasteiger partial charge in [-0.1, -0.05) is 26.0 Å². The SMILES string of the molecule is CCC(C)c1ccc(OCCCCCS)cc1. The molecule has 0 N–H and O–H groups in total. The zero-order valence-electron chi connectivity index (χ0n) is 11.0. The minimum atomic E-state index is 0.638. The summed E-state index contributed by atoms with van der Waals surface area (Å²) in [7, 11) is 0. The third kappa shape index (κ3) is 5.49.